The summed E-state index contributed by atoms with van der Waals surface area (Å²) in [6, 6.07) is 3.22. The quantitative estimate of drug-likeness (QED) is 0.522. The Morgan fingerprint density at radius 1 is 1.32 bits per heavy atom. The van der Waals surface area contributed by atoms with E-state index in [0.29, 0.717) is 5.76 Å². The minimum atomic E-state index is -0.759. The first-order valence-electron chi connectivity index (χ1n) is 5.32. The molecule has 1 unspecified atom stereocenters. The molecule has 2 rings (SSSR count). The van der Waals surface area contributed by atoms with Crippen LogP contribution in [-0.2, 0) is 0 Å². The van der Waals surface area contributed by atoms with E-state index in [0.717, 1.165) is 0 Å². The first-order chi connectivity index (χ1) is 8.99. The predicted molar refractivity (Wildman–Crippen MR) is 67.7 cm³/mol. The van der Waals surface area contributed by atoms with Crippen molar-refractivity contribution in [2.24, 2.45) is 0 Å². The van der Waals surface area contributed by atoms with Gasteiger partial charge in [0.2, 0.25) is 12.5 Å². The lowest BCUT2D eigenvalue weighted by atomic mass is 9.97. The molecule has 2 heterocycles. The van der Waals surface area contributed by atoms with Crippen LogP contribution in [0.5, 0.6) is 0 Å². The maximum absolute atomic E-state index is 10.8. The number of hydrogen-bond acceptors (Lipinski definition) is 8. The maximum atomic E-state index is 10.8. The minimum Gasteiger partial charge on any atom is -0.468 e. The Kier molecular flexibility index (Phi) is 3.19. The number of furan rings is 1. The Hall–Kier alpha value is -2.84. The number of nitrogens with zero attached hydrogens (tertiary/aromatic N) is 3. The lowest BCUT2D eigenvalue weighted by Gasteiger charge is -2.14. The van der Waals surface area contributed by atoms with Crippen molar-refractivity contribution in [2.45, 2.75) is 5.92 Å². The van der Waals surface area contributed by atoms with Gasteiger partial charge in [-0.25, -0.2) is 0 Å². The van der Waals surface area contributed by atoms with Crippen LogP contribution in [-0.4, -0.2) is 21.4 Å². The zero-order chi connectivity index (χ0) is 14.0. The smallest absolute Gasteiger partial charge is 0.223 e. The van der Waals surface area contributed by atoms with Crippen molar-refractivity contribution >= 4 is 17.6 Å². The van der Waals surface area contributed by atoms with Gasteiger partial charge in [0.25, 0.3) is 0 Å². The average Bonchev–Trinajstić information content (AvgIpc) is 2.78. The summed E-state index contributed by atoms with van der Waals surface area (Å²) in [6.07, 6.45) is 1.41. The van der Waals surface area contributed by atoms with Crippen molar-refractivity contribution in [1.82, 2.24) is 9.97 Å². The van der Waals surface area contributed by atoms with Gasteiger partial charge in [-0.05, 0) is 12.1 Å². The molecule has 0 radical (unpaired) electrons. The van der Waals surface area contributed by atoms with E-state index in [-0.39, 0.29) is 23.1 Å². The summed E-state index contributed by atoms with van der Waals surface area (Å²) < 4.78 is 5.19. The van der Waals surface area contributed by atoms with E-state index in [4.69, 9.17) is 21.6 Å². The van der Waals surface area contributed by atoms with Gasteiger partial charge in [0.15, 0.2) is 0 Å². The lowest BCUT2D eigenvalue weighted by molar-refractivity contribution is -0.482. The number of hydrogen-bond donors (Lipinski definition) is 3. The molecule has 0 aliphatic carbocycles. The van der Waals surface area contributed by atoms with Crippen LogP contribution in [0.25, 0.3) is 0 Å². The van der Waals surface area contributed by atoms with E-state index in [1.54, 1.807) is 12.1 Å². The summed E-state index contributed by atoms with van der Waals surface area (Å²) in [5.74, 6) is -0.464. The lowest BCUT2D eigenvalue weighted by Crippen LogP contribution is -2.19. The highest BCUT2D eigenvalue weighted by atomic mass is 16.6. The van der Waals surface area contributed by atoms with Gasteiger partial charge in [0.1, 0.15) is 23.3 Å². The van der Waals surface area contributed by atoms with E-state index in [1.165, 1.54) is 6.26 Å². The molecule has 0 saturated heterocycles. The molecule has 0 saturated carbocycles. The highest BCUT2D eigenvalue weighted by Gasteiger charge is 2.28. The normalized spacial score (nSPS) is 12.2. The molecule has 19 heavy (non-hydrogen) atoms. The van der Waals surface area contributed by atoms with Crippen LogP contribution >= 0.6 is 0 Å². The van der Waals surface area contributed by atoms with Gasteiger partial charge in [0, 0.05) is 4.92 Å². The third-order valence-electron chi connectivity index (χ3n) is 2.59. The second-order valence-corrected chi connectivity index (χ2v) is 3.85. The van der Waals surface area contributed by atoms with Gasteiger partial charge in [0.05, 0.1) is 11.8 Å². The largest absolute Gasteiger partial charge is 0.468 e. The number of nitrogen functional groups attached to an aromatic ring is 3. The molecule has 9 nitrogen and oxygen atoms in total. The van der Waals surface area contributed by atoms with Gasteiger partial charge in [-0.1, -0.05) is 0 Å². The summed E-state index contributed by atoms with van der Waals surface area (Å²) in [5, 5.41) is 10.8. The van der Waals surface area contributed by atoms with Gasteiger partial charge in [-0.2, -0.15) is 9.97 Å². The van der Waals surface area contributed by atoms with Crippen molar-refractivity contribution in [3.8, 4) is 0 Å². The van der Waals surface area contributed by atoms with E-state index in [9.17, 15) is 10.1 Å². The average molecular weight is 264 g/mol. The Morgan fingerprint density at radius 2 is 1.95 bits per heavy atom. The van der Waals surface area contributed by atoms with Crippen molar-refractivity contribution in [3.05, 3.63) is 39.8 Å². The summed E-state index contributed by atoms with van der Waals surface area (Å²) >= 11 is 0. The van der Waals surface area contributed by atoms with Crippen LogP contribution in [0.2, 0.25) is 0 Å². The zero-order valence-electron chi connectivity index (χ0n) is 9.81. The molecular formula is C10H12N6O3. The molecule has 0 aliphatic heterocycles. The molecule has 100 valence electrons. The molecule has 2 aromatic rings. The number of anilines is 3. The fourth-order valence-corrected chi connectivity index (χ4v) is 1.84. The molecule has 0 aromatic carbocycles. The van der Waals surface area contributed by atoms with Gasteiger partial charge < -0.3 is 21.6 Å². The topological polar surface area (TPSA) is 160 Å². The van der Waals surface area contributed by atoms with Crippen LogP contribution in [0.3, 0.4) is 0 Å². The monoisotopic (exact) mass is 264 g/mol. The number of nitro groups is 1. The number of nitrogens with two attached hydrogens (primary N) is 3. The third kappa shape index (κ3) is 2.54. The molecule has 0 fully saturated rings. The van der Waals surface area contributed by atoms with Crippen LogP contribution in [0, 0.1) is 10.1 Å². The second-order valence-electron chi connectivity index (χ2n) is 3.85. The van der Waals surface area contributed by atoms with Gasteiger partial charge >= 0.3 is 0 Å². The number of rotatable bonds is 4. The Bertz CT molecular complexity index is 574. The molecular weight excluding hydrogens is 252 g/mol. The van der Waals surface area contributed by atoms with E-state index in [1.807, 2.05) is 0 Å². The summed E-state index contributed by atoms with van der Waals surface area (Å²) in [6.45, 7) is -0.435. The fraction of sp³-hybridized carbons (Fsp3) is 0.200. The van der Waals surface area contributed by atoms with Crippen molar-refractivity contribution in [3.63, 3.8) is 0 Å². The van der Waals surface area contributed by atoms with E-state index < -0.39 is 17.4 Å². The molecule has 0 aliphatic rings. The van der Waals surface area contributed by atoms with Crippen molar-refractivity contribution in [2.75, 3.05) is 23.7 Å². The molecule has 6 N–H and O–H groups in total. The van der Waals surface area contributed by atoms with Crippen molar-refractivity contribution in [1.29, 1.82) is 0 Å². The van der Waals surface area contributed by atoms with E-state index in [2.05, 4.69) is 9.97 Å². The molecule has 0 spiro atoms. The summed E-state index contributed by atoms with van der Waals surface area (Å²) in [7, 11) is 0. The fourth-order valence-electron chi connectivity index (χ4n) is 1.84. The molecule has 0 amide bonds. The maximum Gasteiger partial charge on any atom is 0.223 e. The predicted octanol–water partition coefficient (Wildman–Crippen LogP) is 0.225. The first kappa shape index (κ1) is 12.6. The third-order valence-corrected chi connectivity index (χ3v) is 2.59. The first-order valence-corrected chi connectivity index (χ1v) is 5.32. The Labute approximate surface area is 107 Å². The second kappa shape index (κ2) is 4.80. The highest BCUT2D eigenvalue weighted by molar-refractivity contribution is 5.59. The van der Waals surface area contributed by atoms with Gasteiger partial charge in [-0.3, -0.25) is 10.1 Å². The van der Waals surface area contributed by atoms with E-state index >= 15 is 0 Å². The molecule has 0 bridgehead atoms. The standard InChI is InChI=1S/C10H12N6O3/c11-8-7(9(12)15-10(13)14-8)5(4-16(17)18)6-2-1-3-19-6/h1-3,5H,4H2,(H6,11,12,13,14,15). The van der Waals surface area contributed by atoms with Crippen LogP contribution in [0.4, 0.5) is 17.6 Å². The molecule has 2 aromatic heterocycles. The van der Waals surface area contributed by atoms with Crippen molar-refractivity contribution < 1.29 is 9.34 Å². The number of aromatic nitrogens is 2. The zero-order valence-corrected chi connectivity index (χ0v) is 9.81. The SMILES string of the molecule is Nc1nc(N)c(C(C[N+](=O)[O-])c2ccco2)c(N)n1. The van der Waals surface area contributed by atoms with Gasteiger partial charge in [-0.15, -0.1) is 0 Å². The Balaban J connectivity index is 2.53. The van der Waals surface area contributed by atoms with Crippen LogP contribution in [0.15, 0.2) is 22.8 Å². The van der Waals surface area contributed by atoms with Crippen LogP contribution in [0.1, 0.15) is 17.2 Å². The molecule has 9 heteroatoms. The Morgan fingerprint density at radius 3 is 2.42 bits per heavy atom. The van der Waals surface area contributed by atoms with Crippen LogP contribution < -0.4 is 17.2 Å². The minimum absolute atomic E-state index is 0.00764. The molecule has 1 atom stereocenters. The summed E-state index contributed by atoms with van der Waals surface area (Å²) in [5.41, 5.74) is 17.1. The summed E-state index contributed by atoms with van der Waals surface area (Å²) in [4.78, 5) is 17.8. The highest BCUT2D eigenvalue weighted by Crippen LogP contribution is 2.32.